The minimum atomic E-state index is -0.683. The van der Waals surface area contributed by atoms with Gasteiger partial charge in [-0.05, 0) is 38.3 Å². The third kappa shape index (κ3) is 4.01. The van der Waals surface area contributed by atoms with Crippen molar-refractivity contribution in [2.24, 2.45) is 0 Å². The average Bonchev–Trinajstić information content (AvgIpc) is 3.25. The Hall–Kier alpha value is -2.41. The summed E-state index contributed by atoms with van der Waals surface area (Å²) in [5.74, 6) is -1.16. The molecule has 2 fully saturated rings. The minimum absolute atomic E-state index is 0.0146. The van der Waals surface area contributed by atoms with Gasteiger partial charge in [0.15, 0.2) is 0 Å². The van der Waals surface area contributed by atoms with Crippen LogP contribution >= 0.6 is 0 Å². The molecule has 1 aromatic carbocycles. The second kappa shape index (κ2) is 8.53. The fourth-order valence-corrected chi connectivity index (χ4v) is 4.34. The van der Waals surface area contributed by atoms with E-state index in [4.69, 9.17) is 9.47 Å². The van der Waals surface area contributed by atoms with Gasteiger partial charge in [0, 0.05) is 24.2 Å². The highest BCUT2D eigenvalue weighted by atomic mass is 19.1. The second-order valence-corrected chi connectivity index (χ2v) is 7.85. The summed E-state index contributed by atoms with van der Waals surface area (Å²) in [6, 6.07) is 3.18. The molecule has 0 bridgehead atoms. The minimum Gasteiger partial charge on any atom is -0.462 e. The number of hydrogen-bond donors (Lipinski definition) is 1. The molecule has 29 heavy (non-hydrogen) atoms. The number of rotatable bonds is 5. The molecule has 2 heterocycles. The summed E-state index contributed by atoms with van der Waals surface area (Å²) in [4.78, 5) is 25.3. The summed E-state index contributed by atoms with van der Waals surface area (Å²) in [7, 11) is 0. The van der Waals surface area contributed by atoms with E-state index in [1.807, 2.05) is 4.57 Å². The van der Waals surface area contributed by atoms with Gasteiger partial charge < -0.3 is 19.4 Å². The lowest BCUT2D eigenvalue weighted by atomic mass is 9.95. The first kappa shape index (κ1) is 19.9. The van der Waals surface area contributed by atoms with Crippen LogP contribution in [0.2, 0.25) is 0 Å². The Morgan fingerprint density at radius 3 is 2.76 bits per heavy atom. The molecule has 1 atom stereocenters. The number of nitrogens with one attached hydrogen (secondary N) is 1. The monoisotopic (exact) mass is 402 g/mol. The summed E-state index contributed by atoms with van der Waals surface area (Å²) >= 11 is 0. The number of halogens is 1. The Balaban J connectivity index is 1.83. The van der Waals surface area contributed by atoms with Crippen LogP contribution in [-0.2, 0) is 9.47 Å². The number of esters is 1. The van der Waals surface area contributed by atoms with Crippen molar-refractivity contribution in [3.8, 4) is 0 Å². The number of ether oxygens (including phenoxy) is 2. The summed E-state index contributed by atoms with van der Waals surface area (Å²) < 4.78 is 27.3. The van der Waals surface area contributed by atoms with Gasteiger partial charge in [0.2, 0.25) is 5.43 Å². The van der Waals surface area contributed by atoms with Gasteiger partial charge in [-0.3, -0.25) is 4.79 Å². The van der Waals surface area contributed by atoms with Gasteiger partial charge in [0.25, 0.3) is 0 Å². The van der Waals surface area contributed by atoms with Gasteiger partial charge in [-0.2, -0.15) is 0 Å². The largest absolute Gasteiger partial charge is 0.462 e. The van der Waals surface area contributed by atoms with Crippen molar-refractivity contribution in [3.63, 3.8) is 0 Å². The Labute approximate surface area is 169 Å². The second-order valence-electron chi connectivity index (χ2n) is 7.85. The van der Waals surface area contributed by atoms with Crippen LogP contribution in [0.15, 0.2) is 23.1 Å². The molecular weight excluding hydrogens is 375 g/mol. The summed E-state index contributed by atoms with van der Waals surface area (Å²) in [6.07, 6.45) is 7.84. The number of aromatic nitrogens is 1. The van der Waals surface area contributed by atoms with Crippen molar-refractivity contribution in [2.45, 2.75) is 57.5 Å². The molecule has 4 rings (SSSR count). The maximum atomic E-state index is 14.9. The van der Waals surface area contributed by atoms with E-state index in [1.165, 1.54) is 12.5 Å². The Morgan fingerprint density at radius 1 is 1.28 bits per heavy atom. The molecule has 1 aliphatic heterocycles. The molecule has 6 nitrogen and oxygen atoms in total. The zero-order valence-electron chi connectivity index (χ0n) is 16.7. The topological polar surface area (TPSA) is 69.6 Å². The Morgan fingerprint density at radius 2 is 2.07 bits per heavy atom. The van der Waals surface area contributed by atoms with Gasteiger partial charge in [-0.15, -0.1) is 0 Å². The fraction of sp³-hybridized carbons (Fsp3) is 0.545. The molecule has 2 aliphatic rings. The highest BCUT2D eigenvalue weighted by Gasteiger charge is 2.25. The molecule has 0 radical (unpaired) electrons. The number of fused-ring (bicyclic) bond motifs is 1. The average molecular weight is 402 g/mol. The van der Waals surface area contributed by atoms with Crippen molar-refractivity contribution in [2.75, 3.05) is 25.1 Å². The van der Waals surface area contributed by atoms with E-state index in [2.05, 4.69) is 5.32 Å². The number of anilines is 1. The number of carbonyl (C=O) groups is 1. The molecule has 1 saturated heterocycles. The summed E-state index contributed by atoms with van der Waals surface area (Å²) in [5.41, 5.74) is 0.439. The molecule has 1 aromatic heterocycles. The van der Waals surface area contributed by atoms with Crippen LogP contribution in [0, 0.1) is 5.82 Å². The number of carbonyl (C=O) groups excluding carboxylic acids is 1. The first-order valence-electron chi connectivity index (χ1n) is 10.5. The number of nitrogens with zero attached hydrogens (tertiary/aromatic N) is 1. The van der Waals surface area contributed by atoms with Gasteiger partial charge >= 0.3 is 5.97 Å². The van der Waals surface area contributed by atoms with Crippen molar-refractivity contribution in [1.29, 1.82) is 0 Å². The quantitative estimate of drug-likeness (QED) is 0.765. The van der Waals surface area contributed by atoms with E-state index in [1.54, 1.807) is 19.2 Å². The van der Waals surface area contributed by atoms with Gasteiger partial charge in [-0.1, -0.05) is 19.3 Å². The highest BCUT2D eigenvalue weighted by molar-refractivity contribution is 5.94. The lowest BCUT2D eigenvalue weighted by Gasteiger charge is -2.25. The van der Waals surface area contributed by atoms with Gasteiger partial charge in [0.1, 0.15) is 11.4 Å². The van der Waals surface area contributed by atoms with Gasteiger partial charge in [0.05, 0.1) is 30.5 Å². The Bertz CT molecular complexity index is 959. The fourth-order valence-electron chi connectivity index (χ4n) is 4.34. The molecule has 1 N–H and O–H groups in total. The molecule has 1 aliphatic carbocycles. The van der Waals surface area contributed by atoms with E-state index in [0.717, 1.165) is 32.1 Å². The van der Waals surface area contributed by atoms with E-state index in [0.29, 0.717) is 24.4 Å². The van der Waals surface area contributed by atoms with Crippen molar-refractivity contribution in [1.82, 2.24) is 4.57 Å². The summed E-state index contributed by atoms with van der Waals surface area (Å²) in [5, 5.41) is 3.51. The van der Waals surface area contributed by atoms with Crippen molar-refractivity contribution in [3.05, 3.63) is 39.9 Å². The molecule has 156 valence electrons. The third-order valence-electron chi connectivity index (χ3n) is 5.88. The van der Waals surface area contributed by atoms with Crippen molar-refractivity contribution < 1.29 is 18.7 Å². The van der Waals surface area contributed by atoms with E-state index < -0.39 is 17.2 Å². The maximum absolute atomic E-state index is 14.9. The van der Waals surface area contributed by atoms with E-state index >= 15 is 0 Å². The molecule has 1 unspecified atom stereocenters. The third-order valence-corrected chi connectivity index (χ3v) is 5.88. The smallest absolute Gasteiger partial charge is 0.343 e. The van der Waals surface area contributed by atoms with Crippen LogP contribution < -0.4 is 10.7 Å². The van der Waals surface area contributed by atoms with Crippen LogP contribution in [0.5, 0.6) is 0 Å². The first-order valence-corrected chi connectivity index (χ1v) is 10.5. The molecule has 7 heteroatoms. The van der Waals surface area contributed by atoms with Crippen LogP contribution in [0.1, 0.15) is 61.8 Å². The van der Waals surface area contributed by atoms with Gasteiger partial charge in [-0.25, -0.2) is 9.18 Å². The Kier molecular flexibility index (Phi) is 5.85. The maximum Gasteiger partial charge on any atom is 0.343 e. The van der Waals surface area contributed by atoms with Crippen molar-refractivity contribution >= 4 is 22.6 Å². The van der Waals surface area contributed by atoms with Crippen LogP contribution in [0.25, 0.3) is 10.9 Å². The zero-order chi connectivity index (χ0) is 20.4. The predicted molar refractivity (Wildman–Crippen MR) is 109 cm³/mol. The number of benzene rings is 1. The molecular formula is C22H27FN2O4. The molecule has 2 aromatic rings. The van der Waals surface area contributed by atoms with Crippen LogP contribution in [0.3, 0.4) is 0 Å². The summed E-state index contributed by atoms with van der Waals surface area (Å²) in [6.45, 7) is 2.96. The first-order chi connectivity index (χ1) is 14.1. The normalized spacial score (nSPS) is 20.1. The number of pyridine rings is 1. The van der Waals surface area contributed by atoms with E-state index in [9.17, 15) is 14.0 Å². The van der Waals surface area contributed by atoms with Crippen LogP contribution in [-0.4, -0.2) is 36.4 Å². The number of hydrogen-bond acceptors (Lipinski definition) is 5. The standard InChI is InChI=1S/C22H27FN2O4/c1-2-29-22(27)17-12-25(15-8-9-28-13-15)20-11-19(18(23)10-16(20)21(17)26)24-14-6-4-3-5-7-14/h10-12,14-15,24H,2-9,13H2,1H3. The highest BCUT2D eigenvalue weighted by Crippen LogP contribution is 2.29. The lowest BCUT2D eigenvalue weighted by Crippen LogP contribution is -2.25. The SMILES string of the molecule is CCOC(=O)c1cn(C2CCOC2)c2cc(NC3CCCCC3)c(F)cc2c1=O. The van der Waals surface area contributed by atoms with Crippen LogP contribution in [0.4, 0.5) is 10.1 Å². The lowest BCUT2D eigenvalue weighted by molar-refractivity contribution is 0.0524. The predicted octanol–water partition coefficient (Wildman–Crippen LogP) is 4.02. The molecule has 0 spiro atoms. The molecule has 1 saturated carbocycles. The zero-order valence-corrected chi connectivity index (χ0v) is 16.7. The van der Waals surface area contributed by atoms with E-state index in [-0.39, 0.29) is 29.6 Å². The molecule has 0 amide bonds.